The van der Waals surface area contributed by atoms with Crippen molar-refractivity contribution in [2.45, 2.75) is 12.5 Å². The monoisotopic (exact) mass is 476 g/mol. The Morgan fingerprint density at radius 1 is 1.22 bits per heavy atom. The number of aliphatic hydroxyl groups excluding tert-OH is 1. The molecular weight excluding hydrogens is 459 g/mol. The van der Waals surface area contributed by atoms with Gasteiger partial charge in [0.15, 0.2) is 0 Å². The standard InChI is InChI=1S/C21H18Cl2N4O5/c1-2-30-16-4-3-11(6-15(16)23)20-26-19(27-32-20)13-5-12-7-18(21(24,10-28)9-25-29)31-17(12)8-14(13)22/h3-8,28H,2,9-10,24H2,1H3. The van der Waals surface area contributed by atoms with Crippen molar-refractivity contribution in [3.63, 3.8) is 0 Å². The number of nitrogens with two attached hydrogens (primary N) is 1. The number of hydrogen-bond donors (Lipinski definition) is 2. The molecule has 4 aromatic rings. The lowest BCUT2D eigenvalue weighted by Gasteiger charge is -2.20. The van der Waals surface area contributed by atoms with Crippen molar-refractivity contribution in [3.05, 3.63) is 57.1 Å². The number of aromatic nitrogens is 2. The van der Waals surface area contributed by atoms with Crippen LogP contribution in [0.3, 0.4) is 0 Å². The SMILES string of the molecule is CCOc1ccc(-c2nc(-c3cc4cc(C(N)(CO)CN=O)oc4cc3Cl)no2)cc1Cl. The first-order chi connectivity index (χ1) is 15.4. The molecule has 0 bridgehead atoms. The Kier molecular flexibility index (Phi) is 6.16. The number of fused-ring (bicyclic) bond motifs is 1. The van der Waals surface area contributed by atoms with Crippen LogP contribution in [0.2, 0.25) is 10.0 Å². The van der Waals surface area contributed by atoms with Gasteiger partial charge in [0, 0.05) is 22.6 Å². The van der Waals surface area contributed by atoms with Gasteiger partial charge in [-0.15, -0.1) is 0 Å². The average molecular weight is 477 g/mol. The first-order valence-electron chi connectivity index (χ1n) is 9.57. The highest BCUT2D eigenvalue weighted by Gasteiger charge is 2.31. The second-order valence-corrected chi connectivity index (χ2v) is 7.90. The van der Waals surface area contributed by atoms with Crippen LogP contribution in [0, 0.1) is 4.91 Å². The van der Waals surface area contributed by atoms with Gasteiger partial charge in [-0.2, -0.15) is 9.89 Å². The number of ether oxygens (including phenoxy) is 1. The van der Waals surface area contributed by atoms with Crippen molar-refractivity contribution in [1.82, 2.24) is 10.1 Å². The summed E-state index contributed by atoms with van der Waals surface area (Å²) in [4.78, 5) is 15.1. The number of furan rings is 1. The van der Waals surface area contributed by atoms with Crippen molar-refractivity contribution in [1.29, 1.82) is 0 Å². The summed E-state index contributed by atoms with van der Waals surface area (Å²) >= 11 is 12.7. The lowest BCUT2D eigenvalue weighted by Crippen LogP contribution is -2.43. The van der Waals surface area contributed by atoms with Crippen molar-refractivity contribution in [2.24, 2.45) is 10.9 Å². The van der Waals surface area contributed by atoms with E-state index in [4.69, 9.17) is 42.6 Å². The highest BCUT2D eigenvalue weighted by Crippen LogP contribution is 2.36. The average Bonchev–Trinajstić information content (AvgIpc) is 3.42. The van der Waals surface area contributed by atoms with E-state index >= 15 is 0 Å². The van der Waals surface area contributed by atoms with Crippen LogP contribution >= 0.6 is 23.2 Å². The maximum atomic E-state index is 10.7. The van der Waals surface area contributed by atoms with E-state index in [0.29, 0.717) is 44.5 Å². The first kappa shape index (κ1) is 22.2. The minimum Gasteiger partial charge on any atom is -0.492 e. The summed E-state index contributed by atoms with van der Waals surface area (Å²) in [6.45, 7) is 1.50. The largest absolute Gasteiger partial charge is 0.492 e. The number of halogens is 2. The van der Waals surface area contributed by atoms with E-state index in [1.165, 1.54) is 0 Å². The minimum atomic E-state index is -1.43. The van der Waals surface area contributed by atoms with Gasteiger partial charge in [0.05, 0.1) is 23.3 Å². The highest BCUT2D eigenvalue weighted by molar-refractivity contribution is 6.34. The number of nitrogens with zero attached hydrogens (tertiary/aromatic N) is 3. The molecule has 0 radical (unpaired) electrons. The third kappa shape index (κ3) is 4.07. The fourth-order valence-corrected chi connectivity index (χ4v) is 3.63. The predicted molar refractivity (Wildman–Crippen MR) is 120 cm³/mol. The Hall–Kier alpha value is -2.98. The molecule has 2 aromatic heterocycles. The lowest BCUT2D eigenvalue weighted by molar-refractivity contribution is 0.182. The number of aliphatic hydroxyl groups is 1. The zero-order valence-electron chi connectivity index (χ0n) is 16.8. The van der Waals surface area contributed by atoms with Crippen molar-refractivity contribution in [2.75, 3.05) is 19.8 Å². The minimum absolute atomic E-state index is 0.209. The Bertz CT molecular complexity index is 1290. The van der Waals surface area contributed by atoms with Gasteiger partial charge in [-0.05, 0) is 37.3 Å². The van der Waals surface area contributed by atoms with Gasteiger partial charge in [0.1, 0.15) is 29.2 Å². The second kappa shape index (κ2) is 8.87. The van der Waals surface area contributed by atoms with Crippen LogP contribution in [-0.2, 0) is 5.54 Å². The van der Waals surface area contributed by atoms with Gasteiger partial charge in [-0.25, -0.2) is 0 Å². The number of nitroso groups, excluding NO2 is 1. The van der Waals surface area contributed by atoms with Crippen molar-refractivity contribution in [3.8, 4) is 28.6 Å². The summed E-state index contributed by atoms with van der Waals surface area (Å²) in [5.41, 5.74) is 6.17. The molecular formula is C21H18Cl2N4O5. The van der Waals surface area contributed by atoms with Crippen LogP contribution < -0.4 is 10.5 Å². The summed E-state index contributed by atoms with van der Waals surface area (Å²) in [6, 6.07) is 10.1. The molecule has 0 fully saturated rings. The summed E-state index contributed by atoms with van der Waals surface area (Å²) in [6.07, 6.45) is 0. The summed E-state index contributed by atoms with van der Waals surface area (Å²) in [7, 11) is 0. The van der Waals surface area contributed by atoms with E-state index < -0.39 is 12.1 Å². The Morgan fingerprint density at radius 2 is 2.03 bits per heavy atom. The third-order valence-electron chi connectivity index (χ3n) is 4.87. The van der Waals surface area contributed by atoms with Gasteiger partial charge in [0.25, 0.3) is 5.89 Å². The number of rotatable bonds is 8. The smallest absolute Gasteiger partial charge is 0.258 e. The summed E-state index contributed by atoms with van der Waals surface area (Å²) in [5.74, 6) is 1.29. The van der Waals surface area contributed by atoms with Gasteiger partial charge in [0.2, 0.25) is 5.82 Å². The number of hydrogen-bond acceptors (Lipinski definition) is 9. The van der Waals surface area contributed by atoms with E-state index in [1.54, 1.807) is 36.4 Å². The van der Waals surface area contributed by atoms with Crippen LogP contribution in [0.5, 0.6) is 5.75 Å². The van der Waals surface area contributed by atoms with E-state index in [2.05, 4.69) is 15.3 Å². The quantitative estimate of drug-likeness (QED) is 0.346. The molecule has 0 aliphatic rings. The molecule has 166 valence electrons. The molecule has 0 amide bonds. The van der Waals surface area contributed by atoms with Crippen molar-refractivity contribution < 1.29 is 18.8 Å². The molecule has 0 spiro atoms. The number of benzene rings is 2. The van der Waals surface area contributed by atoms with Gasteiger partial charge in [-0.1, -0.05) is 33.5 Å². The molecule has 1 unspecified atom stereocenters. The fourth-order valence-electron chi connectivity index (χ4n) is 3.16. The van der Waals surface area contributed by atoms with Gasteiger partial charge >= 0.3 is 0 Å². The zero-order chi connectivity index (χ0) is 22.9. The maximum absolute atomic E-state index is 10.7. The first-order valence-corrected chi connectivity index (χ1v) is 10.3. The zero-order valence-corrected chi connectivity index (χ0v) is 18.4. The molecule has 4 rings (SSSR count). The molecule has 1 atom stereocenters. The summed E-state index contributed by atoms with van der Waals surface area (Å²) in [5, 5.41) is 17.8. The summed E-state index contributed by atoms with van der Waals surface area (Å²) < 4.78 is 16.5. The molecule has 0 aliphatic carbocycles. The van der Waals surface area contributed by atoms with Crippen LogP contribution in [0.15, 0.2) is 50.5 Å². The molecule has 0 saturated heterocycles. The molecule has 3 N–H and O–H groups in total. The van der Waals surface area contributed by atoms with E-state index in [-0.39, 0.29) is 24.0 Å². The molecule has 0 saturated carbocycles. The normalized spacial score (nSPS) is 13.3. The maximum Gasteiger partial charge on any atom is 0.258 e. The van der Waals surface area contributed by atoms with Gasteiger partial charge < -0.3 is 24.5 Å². The topological polar surface area (TPSA) is 137 Å². The second-order valence-electron chi connectivity index (χ2n) is 7.08. The molecule has 32 heavy (non-hydrogen) atoms. The van der Waals surface area contributed by atoms with Gasteiger partial charge in [-0.3, -0.25) is 0 Å². The van der Waals surface area contributed by atoms with E-state index in [0.717, 1.165) is 0 Å². The molecule has 9 nitrogen and oxygen atoms in total. The molecule has 2 aromatic carbocycles. The Labute approximate surface area is 192 Å². The molecule has 11 heteroatoms. The molecule has 2 heterocycles. The lowest BCUT2D eigenvalue weighted by atomic mass is 9.99. The van der Waals surface area contributed by atoms with E-state index in [9.17, 15) is 10.0 Å². The van der Waals surface area contributed by atoms with Crippen molar-refractivity contribution >= 4 is 34.2 Å². The predicted octanol–water partition coefficient (Wildman–Crippen LogP) is 4.77. The van der Waals surface area contributed by atoms with E-state index in [1.807, 2.05) is 6.92 Å². The van der Waals surface area contributed by atoms with Crippen LogP contribution in [0.25, 0.3) is 33.8 Å². The fraction of sp³-hybridized carbons (Fsp3) is 0.238. The van der Waals surface area contributed by atoms with Crippen LogP contribution in [-0.4, -0.2) is 35.0 Å². The van der Waals surface area contributed by atoms with Crippen LogP contribution in [0.1, 0.15) is 12.7 Å². The Morgan fingerprint density at radius 3 is 2.72 bits per heavy atom. The highest BCUT2D eigenvalue weighted by atomic mass is 35.5. The van der Waals surface area contributed by atoms with Crippen LogP contribution in [0.4, 0.5) is 0 Å². The third-order valence-corrected chi connectivity index (χ3v) is 5.48. The molecule has 0 aliphatic heterocycles. The Balaban J connectivity index is 1.70.